The number of nitriles is 1. The minimum Gasteiger partial charge on any atom is -0.331 e. The zero-order valence-corrected chi connectivity index (χ0v) is 12.6. The van der Waals surface area contributed by atoms with Crippen molar-refractivity contribution in [3.05, 3.63) is 50.9 Å². The van der Waals surface area contributed by atoms with Crippen molar-refractivity contribution in [2.45, 2.75) is 19.4 Å². The molecular formula is C15H13N3S2. The van der Waals surface area contributed by atoms with Crippen molar-refractivity contribution in [3.63, 3.8) is 0 Å². The van der Waals surface area contributed by atoms with Gasteiger partial charge < -0.3 is 9.55 Å². The van der Waals surface area contributed by atoms with Crippen LogP contribution in [0.2, 0.25) is 0 Å². The van der Waals surface area contributed by atoms with Crippen molar-refractivity contribution in [3.8, 4) is 6.07 Å². The topological polar surface area (TPSA) is 44.5 Å². The van der Waals surface area contributed by atoms with Gasteiger partial charge in [-0.2, -0.15) is 16.6 Å². The normalized spacial score (nSPS) is 12.4. The van der Waals surface area contributed by atoms with Crippen molar-refractivity contribution in [1.82, 2.24) is 9.55 Å². The van der Waals surface area contributed by atoms with Gasteiger partial charge in [0, 0.05) is 6.04 Å². The first-order valence-electron chi connectivity index (χ1n) is 6.34. The SMILES string of the molecule is CC(Cc1ccsc1)n1c(=S)[nH]c2ccc(C#N)cc21. The summed E-state index contributed by atoms with van der Waals surface area (Å²) in [6.45, 7) is 2.15. The Morgan fingerprint density at radius 3 is 3.00 bits per heavy atom. The van der Waals surface area contributed by atoms with Gasteiger partial charge in [0.15, 0.2) is 4.77 Å². The lowest BCUT2D eigenvalue weighted by Crippen LogP contribution is -2.08. The molecule has 0 saturated carbocycles. The summed E-state index contributed by atoms with van der Waals surface area (Å²) in [5.74, 6) is 0. The third-order valence-electron chi connectivity index (χ3n) is 3.40. The Labute approximate surface area is 126 Å². The third kappa shape index (κ3) is 2.28. The Hall–Kier alpha value is -1.90. The van der Waals surface area contributed by atoms with E-state index in [-0.39, 0.29) is 6.04 Å². The first-order valence-corrected chi connectivity index (χ1v) is 7.69. The molecule has 0 saturated heterocycles. The van der Waals surface area contributed by atoms with Crippen LogP contribution in [0.25, 0.3) is 11.0 Å². The van der Waals surface area contributed by atoms with Crippen LogP contribution in [0.4, 0.5) is 0 Å². The molecule has 0 bridgehead atoms. The van der Waals surface area contributed by atoms with E-state index in [1.54, 1.807) is 11.3 Å². The highest BCUT2D eigenvalue weighted by atomic mass is 32.1. The van der Waals surface area contributed by atoms with Gasteiger partial charge in [-0.1, -0.05) is 0 Å². The molecule has 3 aromatic rings. The van der Waals surface area contributed by atoms with Gasteiger partial charge in [-0.25, -0.2) is 0 Å². The lowest BCUT2D eigenvalue weighted by atomic mass is 10.1. The van der Waals surface area contributed by atoms with Crippen LogP contribution in [0.5, 0.6) is 0 Å². The minimum atomic E-state index is 0.250. The van der Waals surface area contributed by atoms with E-state index >= 15 is 0 Å². The highest BCUT2D eigenvalue weighted by Crippen LogP contribution is 2.23. The number of H-pyrrole nitrogens is 1. The van der Waals surface area contributed by atoms with Gasteiger partial charge in [-0.3, -0.25) is 0 Å². The number of nitrogens with zero attached hydrogens (tertiary/aromatic N) is 2. The predicted octanol–water partition coefficient (Wildman–Crippen LogP) is 4.44. The van der Waals surface area contributed by atoms with E-state index in [0.717, 1.165) is 17.5 Å². The van der Waals surface area contributed by atoms with E-state index < -0.39 is 0 Å². The maximum atomic E-state index is 9.05. The van der Waals surface area contributed by atoms with Gasteiger partial charge in [0.05, 0.1) is 22.7 Å². The molecule has 0 spiro atoms. The highest BCUT2D eigenvalue weighted by molar-refractivity contribution is 7.71. The second kappa shape index (κ2) is 5.23. The molecule has 0 radical (unpaired) electrons. The van der Waals surface area contributed by atoms with Crippen LogP contribution in [0.3, 0.4) is 0 Å². The number of benzene rings is 1. The number of aromatic nitrogens is 2. The monoisotopic (exact) mass is 299 g/mol. The lowest BCUT2D eigenvalue weighted by molar-refractivity contribution is 0.554. The second-order valence-corrected chi connectivity index (χ2v) is 6.00. The summed E-state index contributed by atoms with van der Waals surface area (Å²) < 4.78 is 2.81. The molecule has 3 rings (SSSR count). The molecular weight excluding hydrogens is 286 g/mol. The van der Waals surface area contributed by atoms with E-state index in [4.69, 9.17) is 17.5 Å². The van der Waals surface area contributed by atoms with Crippen molar-refractivity contribution in [1.29, 1.82) is 5.26 Å². The van der Waals surface area contributed by atoms with E-state index in [9.17, 15) is 0 Å². The number of imidazole rings is 1. The summed E-state index contributed by atoms with van der Waals surface area (Å²) in [7, 11) is 0. The Morgan fingerprint density at radius 1 is 1.45 bits per heavy atom. The lowest BCUT2D eigenvalue weighted by Gasteiger charge is -2.14. The summed E-state index contributed by atoms with van der Waals surface area (Å²) >= 11 is 7.14. The predicted molar refractivity (Wildman–Crippen MR) is 84.6 cm³/mol. The van der Waals surface area contributed by atoms with E-state index in [0.29, 0.717) is 10.3 Å². The van der Waals surface area contributed by atoms with Crippen molar-refractivity contribution >= 4 is 34.6 Å². The summed E-state index contributed by atoms with van der Waals surface area (Å²) in [6.07, 6.45) is 0.932. The van der Waals surface area contributed by atoms with Crippen LogP contribution in [-0.2, 0) is 6.42 Å². The number of nitrogens with one attached hydrogen (secondary N) is 1. The first kappa shape index (κ1) is 13.1. The van der Waals surface area contributed by atoms with Crippen molar-refractivity contribution in [2.24, 2.45) is 0 Å². The van der Waals surface area contributed by atoms with Crippen LogP contribution < -0.4 is 0 Å². The average Bonchev–Trinajstić information content (AvgIpc) is 3.04. The van der Waals surface area contributed by atoms with E-state index in [1.807, 2.05) is 18.2 Å². The molecule has 0 amide bonds. The highest BCUT2D eigenvalue weighted by Gasteiger charge is 2.12. The van der Waals surface area contributed by atoms with Crippen LogP contribution in [0, 0.1) is 16.1 Å². The molecule has 20 heavy (non-hydrogen) atoms. The van der Waals surface area contributed by atoms with Crippen molar-refractivity contribution in [2.75, 3.05) is 0 Å². The largest absolute Gasteiger partial charge is 0.331 e. The number of rotatable bonds is 3. The Kier molecular flexibility index (Phi) is 3.43. The van der Waals surface area contributed by atoms with Crippen LogP contribution >= 0.6 is 23.6 Å². The molecule has 3 nitrogen and oxygen atoms in total. The second-order valence-electron chi connectivity index (χ2n) is 4.83. The van der Waals surface area contributed by atoms with E-state index in [1.165, 1.54) is 5.56 Å². The Bertz CT molecular complexity index is 834. The smallest absolute Gasteiger partial charge is 0.178 e. The summed E-state index contributed by atoms with van der Waals surface area (Å²) in [4.78, 5) is 3.21. The van der Waals surface area contributed by atoms with Gasteiger partial charge in [-0.15, -0.1) is 0 Å². The zero-order chi connectivity index (χ0) is 14.1. The molecule has 100 valence electrons. The van der Waals surface area contributed by atoms with Gasteiger partial charge in [0.1, 0.15) is 0 Å². The molecule has 2 aromatic heterocycles. The number of aromatic amines is 1. The van der Waals surface area contributed by atoms with Crippen LogP contribution in [0.15, 0.2) is 35.0 Å². The molecule has 1 atom stereocenters. The maximum absolute atomic E-state index is 9.05. The number of thiophene rings is 1. The molecule has 1 N–H and O–H groups in total. The number of fused-ring (bicyclic) bond motifs is 1. The fourth-order valence-corrected chi connectivity index (χ4v) is 3.54. The quantitative estimate of drug-likeness (QED) is 0.727. The Morgan fingerprint density at radius 2 is 2.30 bits per heavy atom. The Balaban J connectivity index is 2.08. The molecule has 0 aliphatic heterocycles. The van der Waals surface area contributed by atoms with E-state index in [2.05, 4.69) is 39.4 Å². The first-order chi connectivity index (χ1) is 9.69. The average molecular weight is 299 g/mol. The van der Waals surface area contributed by atoms with Crippen LogP contribution in [0.1, 0.15) is 24.1 Å². The van der Waals surface area contributed by atoms with Gasteiger partial charge in [0.25, 0.3) is 0 Å². The number of hydrogen-bond acceptors (Lipinski definition) is 3. The molecule has 5 heteroatoms. The fraction of sp³-hybridized carbons (Fsp3) is 0.200. The van der Waals surface area contributed by atoms with Crippen LogP contribution in [-0.4, -0.2) is 9.55 Å². The maximum Gasteiger partial charge on any atom is 0.178 e. The number of hydrogen-bond donors (Lipinski definition) is 1. The summed E-state index contributed by atoms with van der Waals surface area (Å²) in [5, 5.41) is 13.3. The summed E-state index contributed by atoms with van der Waals surface area (Å²) in [5.41, 5.74) is 3.95. The minimum absolute atomic E-state index is 0.250. The molecule has 0 aliphatic rings. The molecule has 0 aliphatic carbocycles. The molecule has 0 fully saturated rings. The van der Waals surface area contributed by atoms with Crippen molar-refractivity contribution < 1.29 is 0 Å². The van der Waals surface area contributed by atoms with Gasteiger partial charge in [0.2, 0.25) is 0 Å². The van der Waals surface area contributed by atoms with Gasteiger partial charge >= 0.3 is 0 Å². The third-order valence-corrected chi connectivity index (χ3v) is 4.43. The van der Waals surface area contributed by atoms with Gasteiger partial charge in [-0.05, 0) is 66.2 Å². The standard InChI is InChI=1S/C15H13N3S2/c1-10(6-12-4-5-20-9-12)18-14-7-11(8-16)2-3-13(14)17-15(18)19/h2-5,7,9-10H,6H2,1H3,(H,17,19). The summed E-state index contributed by atoms with van der Waals surface area (Å²) in [6, 6.07) is 10.2. The zero-order valence-electron chi connectivity index (χ0n) is 11.0. The fourth-order valence-electron chi connectivity index (χ4n) is 2.47. The molecule has 1 aromatic carbocycles. The molecule has 1 unspecified atom stereocenters. The molecule has 2 heterocycles.